The number of benzene rings is 2. The molecule has 0 unspecified atom stereocenters. The lowest BCUT2D eigenvalue weighted by Crippen LogP contribution is -2.17. The van der Waals surface area contributed by atoms with E-state index < -0.39 is 5.97 Å². The van der Waals surface area contributed by atoms with Crippen molar-refractivity contribution in [2.24, 2.45) is 0 Å². The van der Waals surface area contributed by atoms with Crippen molar-refractivity contribution in [1.29, 1.82) is 0 Å². The zero-order valence-electron chi connectivity index (χ0n) is 18.2. The Morgan fingerprint density at radius 3 is 2.65 bits per heavy atom. The SMILES string of the molecule is Cc1cccn2c(=O)cc(COC(=O)c3ccccc3SCC(=O)Nc3ccc(F)cc3)nc12. The number of nitrogens with one attached hydrogen (secondary N) is 1. The molecule has 172 valence electrons. The van der Waals surface area contributed by atoms with Crippen molar-refractivity contribution in [3.8, 4) is 0 Å². The highest BCUT2D eigenvalue weighted by Crippen LogP contribution is 2.24. The van der Waals surface area contributed by atoms with Gasteiger partial charge >= 0.3 is 5.97 Å². The highest BCUT2D eigenvalue weighted by atomic mass is 32.2. The number of aryl methyl sites for hydroxylation is 1. The molecule has 0 atom stereocenters. The van der Waals surface area contributed by atoms with Crippen molar-refractivity contribution in [1.82, 2.24) is 9.38 Å². The van der Waals surface area contributed by atoms with Gasteiger partial charge in [0.2, 0.25) is 5.91 Å². The number of hydrogen-bond acceptors (Lipinski definition) is 6. The fourth-order valence-electron chi connectivity index (χ4n) is 3.23. The van der Waals surface area contributed by atoms with Crippen LogP contribution in [0.1, 0.15) is 21.6 Å². The average Bonchev–Trinajstić information content (AvgIpc) is 2.83. The van der Waals surface area contributed by atoms with Gasteiger partial charge in [0.1, 0.15) is 18.1 Å². The maximum absolute atomic E-state index is 13.0. The normalized spacial score (nSPS) is 10.8. The smallest absolute Gasteiger partial charge is 0.339 e. The lowest BCUT2D eigenvalue weighted by Gasteiger charge is -2.10. The first-order chi connectivity index (χ1) is 16.4. The number of fused-ring (bicyclic) bond motifs is 1. The molecule has 0 bridgehead atoms. The topological polar surface area (TPSA) is 89.8 Å². The van der Waals surface area contributed by atoms with E-state index in [2.05, 4.69) is 10.3 Å². The molecule has 1 amide bonds. The molecule has 7 nitrogen and oxygen atoms in total. The summed E-state index contributed by atoms with van der Waals surface area (Å²) in [5, 5.41) is 2.68. The quantitative estimate of drug-likeness (QED) is 0.317. The van der Waals surface area contributed by atoms with Crippen molar-refractivity contribution in [3.63, 3.8) is 0 Å². The minimum atomic E-state index is -0.589. The molecule has 0 aliphatic carbocycles. The van der Waals surface area contributed by atoms with Crippen LogP contribution in [0.3, 0.4) is 0 Å². The number of amides is 1. The minimum Gasteiger partial charge on any atom is -0.456 e. The van der Waals surface area contributed by atoms with Gasteiger partial charge in [-0.3, -0.25) is 14.0 Å². The monoisotopic (exact) mass is 477 g/mol. The number of anilines is 1. The van der Waals surface area contributed by atoms with E-state index in [0.29, 0.717) is 27.5 Å². The predicted octanol–water partition coefficient (Wildman–Crippen LogP) is 4.23. The van der Waals surface area contributed by atoms with Gasteiger partial charge in [-0.05, 0) is 55.0 Å². The van der Waals surface area contributed by atoms with Crippen LogP contribution in [0.5, 0.6) is 0 Å². The summed E-state index contributed by atoms with van der Waals surface area (Å²) in [5.74, 6) is -1.23. The van der Waals surface area contributed by atoms with Gasteiger partial charge in [0.15, 0.2) is 0 Å². The van der Waals surface area contributed by atoms with E-state index in [1.807, 2.05) is 13.0 Å². The summed E-state index contributed by atoms with van der Waals surface area (Å²) >= 11 is 1.18. The van der Waals surface area contributed by atoms with E-state index in [1.54, 1.807) is 36.5 Å². The predicted molar refractivity (Wildman–Crippen MR) is 128 cm³/mol. The third kappa shape index (κ3) is 5.49. The van der Waals surface area contributed by atoms with E-state index in [-0.39, 0.29) is 29.6 Å². The second-order valence-electron chi connectivity index (χ2n) is 7.39. The average molecular weight is 478 g/mol. The number of carbonyl (C=O) groups is 2. The molecule has 0 saturated heterocycles. The number of halogens is 1. The molecule has 9 heteroatoms. The molecule has 0 saturated carbocycles. The lowest BCUT2D eigenvalue weighted by molar-refractivity contribution is -0.113. The Morgan fingerprint density at radius 2 is 1.85 bits per heavy atom. The highest BCUT2D eigenvalue weighted by molar-refractivity contribution is 8.00. The van der Waals surface area contributed by atoms with Crippen molar-refractivity contribution >= 4 is 35.0 Å². The van der Waals surface area contributed by atoms with E-state index in [9.17, 15) is 18.8 Å². The molecule has 0 aliphatic rings. The molecule has 2 aromatic heterocycles. The van der Waals surface area contributed by atoms with Crippen molar-refractivity contribution < 1.29 is 18.7 Å². The molecule has 4 rings (SSSR count). The van der Waals surface area contributed by atoms with Crippen LogP contribution in [0.4, 0.5) is 10.1 Å². The number of ether oxygens (including phenoxy) is 1. The molecular formula is C25H20FN3O4S. The van der Waals surface area contributed by atoms with Crippen molar-refractivity contribution in [3.05, 3.63) is 106 Å². The van der Waals surface area contributed by atoms with Crippen LogP contribution in [0.2, 0.25) is 0 Å². The number of thioether (sulfide) groups is 1. The third-order valence-corrected chi connectivity index (χ3v) is 5.96. The Labute approximate surface area is 198 Å². The Bertz CT molecular complexity index is 1420. The van der Waals surface area contributed by atoms with Gasteiger partial charge < -0.3 is 10.1 Å². The first-order valence-electron chi connectivity index (χ1n) is 10.3. The fraction of sp³-hybridized carbons (Fsp3) is 0.120. The Morgan fingerprint density at radius 1 is 1.09 bits per heavy atom. The summed E-state index contributed by atoms with van der Waals surface area (Å²) in [6.45, 7) is 1.68. The number of carbonyl (C=O) groups excluding carboxylic acids is 2. The minimum absolute atomic E-state index is 0.0456. The summed E-state index contributed by atoms with van der Waals surface area (Å²) in [6, 6.07) is 17.2. The molecule has 0 radical (unpaired) electrons. The van der Waals surface area contributed by atoms with Crippen LogP contribution >= 0.6 is 11.8 Å². The largest absolute Gasteiger partial charge is 0.456 e. The van der Waals surface area contributed by atoms with E-state index in [4.69, 9.17) is 4.74 Å². The molecule has 34 heavy (non-hydrogen) atoms. The Balaban J connectivity index is 1.41. The highest BCUT2D eigenvalue weighted by Gasteiger charge is 2.15. The zero-order chi connectivity index (χ0) is 24.1. The summed E-state index contributed by atoms with van der Waals surface area (Å²) in [7, 11) is 0. The number of rotatable bonds is 7. The van der Waals surface area contributed by atoms with Crippen LogP contribution in [0, 0.1) is 12.7 Å². The van der Waals surface area contributed by atoms with E-state index >= 15 is 0 Å². The Kier molecular flexibility index (Phi) is 7.03. The number of esters is 1. The lowest BCUT2D eigenvalue weighted by atomic mass is 10.2. The van der Waals surface area contributed by atoms with Gasteiger partial charge in [-0.25, -0.2) is 14.2 Å². The number of pyridine rings is 1. The maximum atomic E-state index is 13.0. The molecule has 0 spiro atoms. The summed E-state index contributed by atoms with van der Waals surface area (Å²) in [5.41, 5.74) is 2.20. The van der Waals surface area contributed by atoms with Crippen LogP contribution < -0.4 is 10.9 Å². The van der Waals surface area contributed by atoms with Gasteiger partial charge in [-0.2, -0.15) is 0 Å². The fourth-order valence-corrected chi connectivity index (χ4v) is 4.08. The first kappa shape index (κ1) is 23.2. The van der Waals surface area contributed by atoms with Gasteiger partial charge in [-0.15, -0.1) is 11.8 Å². The summed E-state index contributed by atoms with van der Waals surface area (Å²) < 4.78 is 19.9. The van der Waals surface area contributed by atoms with Crippen LogP contribution in [-0.2, 0) is 16.1 Å². The number of aromatic nitrogens is 2. The first-order valence-corrected chi connectivity index (χ1v) is 11.3. The molecule has 2 heterocycles. The van der Waals surface area contributed by atoms with E-state index in [1.165, 1.54) is 46.5 Å². The molecule has 1 N–H and O–H groups in total. The molecule has 4 aromatic rings. The van der Waals surface area contributed by atoms with Gasteiger partial charge in [0.05, 0.1) is 17.0 Å². The van der Waals surface area contributed by atoms with E-state index in [0.717, 1.165) is 5.56 Å². The number of nitrogens with zero attached hydrogens (tertiary/aromatic N) is 2. The molecule has 0 fully saturated rings. The maximum Gasteiger partial charge on any atom is 0.339 e. The summed E-state index contributed by atoms with van der Waals surface area (Å²) in [6.07, 6.45) is 1.63. The van der Waals surface area contributed by atoms with Gasteiger partial charge in [0, 0.05) is 22.8 Å². The second kappa shape index (κ2) is 10.3. The molecule has 2 aromatic carbocycles. The van der Waals surface area contributed by atoms with Gasteiger partial charge in [0.25, 0.3) is 5.56 Å². The third-order valence-electron chi connectivity index (χ3n) is 4.88. The summed E-state index contributed by atoms with van der Waals surface area (Å²) in [4.78, 5) is 42.3. The van der Waals surface area contributed by atoms with Crippen LogP contribution in [0.15, 0.2) is 82.6 Å². The van der Waals surface area contributed by atoms with Crippen molar-refractivity contribution in [2.75, 3.05) is 11.1 Å². The van der Waals surface area contributed by atoms with Crippen molar-refractivity contribution in [2.45, 2.75) is 18.4 Å². The number of hydrogen-bond donors (Lipinski definition) is 1. The zero-order valence-corrected chi connectivity index (χ0v) is 19.0. The van der Waals surface area contributed by atoms with Gasteiger partial charge in [-0.1, -0.05) is 18.2 Å². The molecular weight excluding hydrogens is 457 g/mol. The standard InChI is InChI=1S/C25H20FN3O4S/c1-16-5-4-12-29-23(31)13-19(28-24(16)29)14-33-25(32)20-6-2-3-7-21(20)34-15-22(30)27-18-10-8-17(26)9-11-18/h2-13H,14-15H2,1H3,(H,27,30). The Hall–Kier alpha value is -3.98. The van der Waals surface area contributed by atoms with Crippen LogP contribution in [0.25, 0.3) is 5.65 Å². The molecule has 0 aliphatic heterocycles. The second-order valence-corrected chi connectivity index (χ2v) is 8.40. The van der Waals surface area contributed by atoms with Crippen LogP contribution in [-0.4, -0.2) is 27.0 Å².